The van der Waals surface area contributed by atoms with Gasteiger partial charge in [0.15, 0.2) is 23.0 Å². The third kappa shape index (κ3) is 3.30. The molecule has 1 aliphatic carbocycles. The van der Waals surface area contributed by atoms with E-state index in [-0.39, 0.29) is 18.7 Å². The van der Waals surface area contributed by atoms with E-state index in [4.69, 9.17) is 28.4 Å². The molecule has 0 aromatic heterocycles. The summed E-state index contributed by atoms with van der Waals surface area (Å²) in [4.78, 5) is 12.8. The number of esters is 1. The highest BCUT2D eigenvalue weighted by Crippen LogP contribution is 2.48. The first-order valence-electron chi connectivity index (χ1n) is 9.69. The summed E-state index contributed by atoms with van der Waals surface area (Å²) in [6.45, 7) is 2.28. The summed E-state index contributed by atoms with van der Waals surface area (Å²) in [5.41, 5.74) is 2.74. The van der Waals surface area contributed by atoms with Crippen molar-refractivity contribution >= 4 is 12.0 Å². The van der Waals surface area contributed by atoms with E-state index >= 15 is 0 Å². The first-order valence-corrected chi connectivity index (χ1v) is 9.69. The van der Waals surface area contributed by atoms with Crippen LogP contribution >= 0.6 is 0 Å². The lowest BCUT2D eigenvalue weighted by molar-refractivity contribution is -0.146. The predicted molar refractivity (Wildman–Crippen MR) is 110 cm³/mol. The Kier molecular flexibility index (Phi) is 5.44. The van der Waals surface area contributed by atoms with Crippen molar-refractivity contribution in [2.75, 3.05) is 34.7 Å². The van der Waals surface area contributed by atoms with Crippen LogP contribution in [0.15, 0.2) is 30.3 Å². The fourth-order valence-electron chi connectivity index (χ4n) is 4.02. The summed E-state index contributed by atoms with van der Waals surface area (Å²) in [5, 5.41) is 0. The quantitative estimate of drug-likeness (QED) is 0.669. The smallest absolute Gasteiger partial charge is 0.313 e. The van der Waals surface area contributed by atoms with Crippen LogP contribution in [0.3, 0.4) is 0 Å². The summed E-state index contributed by atoms with van der Waals surface area (Å²) >= 11 is 0. The first-order chi connectivity index (χ1) is 14.6. The Balaban J connectivity index is 1.90. The molecule has 7 heteroatoms. The van der Waals surface area contributed by atoms with E-state index in [9.17, 15) is 4.79 Å². The Morgan fingerprint density at radius 2 is 1.67 bits per heavy atom. The van der Waals surface area contributed by atoms with Gasteiger partial charge in [-0.05, 0) is 47.9 Å². The molecular formula is C23H24O7. The molecule has 2 aliphatic rings. The highest BCUT2D eigenvalue weighted by molar-refractivity contribution is 5.81. The van der Waals surface area contributed by atoms with E-state index in [0.717, 1.165) is 16.7 Å². The average Bonchev–Trinajstić information content (AvgIpc) is 3.23. The number of hydrogen-bond donors (Lipinski definition) is 0. The number of carbonyl (C=O) groups excluding carboxylic acids is 1. The molecule has 7 nitrogen and oxygen atoms in total. The number of benzene rings is 2. The van der Waals surface area contributed by atoms with Crippen LogP contribution in [0.2, 0.25) is 0 Å². The van der Waals surface area contributed by atoms with Crippen LogP contribution in [0.1, 0.15) is 29.5 Å². The molecule has 1 heterocycles. The zero-order valence-corrected chi connectivity index (χ0v) is 17.4. The van der Waals surface area contributed by atoms with Gasteiger partial charge in [0.25, 0.3) is 0 Å². The van der Waals surface area contributed by atoms with Gasteiger partial charge in [0.2, 0.25) is 12.5 Å². The Morgan fingerprint density at radius 3 is 2.27 bits per heavy atom. The topological polar surface area (TPSA) is 72.5 Å². The predicted octanol–water partition coefficient (Wildman–Crippen LogP) is 3.78. The van der Waals surface area contributed by atoms with Crippen molar-refractivity contribution in [2.24, 2.45) is 5.92 Å². The van der Waals surface area contributed by atoms with Gasteiger partial charge in [-0.1, -0.05) is 12.2 Å². The molecule has 2 atom stereocenters. The Hall–Kier alpha value is -3.35. The van der Waals surface area contributed by atoms with Crippen LogP contribution in [0, 0.1) is 5.92 Å². The molecule has 0 amide bonds. The average molecular weight is 412 g/mol. The lowest BCUT2D eigenvalue weighted by Gasteiger charge is -2.30. The second-order valence-electron chi connectivity index (χ2n) is 6.91. The number of methoxy groups -OCH3 is 3. The SMILES string of the molecule is CCOC(=O)C1C=Cc2cc3c(cc2C1c1cc(OC)c(OC)c(OC)c1)OCO3. The molecule has 0 bridgehead atoms. The number of ether oxygens (including phenoxy) is 6. The second-order valence-corrected chi connectivity index (χ2v) is 6.91. The largest absolute Gasteiger partial charge is 0.493 e. The minimum atomic E-state index is -0.513. The van der Waals surface area contributed by atoms with Crippen molar-refractivity contribution < 1.29 is 33.2 Å². The number of rotatable bonds is 6. The molecule has 1 aliphatic heterocycles. The van der Waals surface area contributed by atoms with E-state index in [2.05, 4.69) is 0 Å². The molecule has 158 valence electrons. The molecule has 0 radical (unpaired) electrons. The molecule has 2 aromatic rings. The molecule has 2 unspecified atom stereocenters. The van der Waals surface area contributed by atoms with Crippen molar-refractivity contribution in [2.45, 2.75) is 12.8 Å². The van der Waals surface area contributed by atoms with Crippen LogP contribution in [0.5, 0.6) is 28.7 Å². The fraction of sp³-hybridized carbons (Fsp3) is 0.348. The summed E-state index contributed by atoms with van der Waals surface area (Å²) in [6, 6.07) is 7.60. The third-order valence-corrected chi connectivity index (χ3v) is 5.36. The van der Waals surface area contributed by atoms with Crippen LogP contribution in [0.25, 0.3) is 6.08 Å². The van der Waals surface area contributed by atoms with Crippen LogP contribution in [0.4, 0.5) is 0 Å². The highest BCUT2D eigenvalue weighted by atomic mass is 16.7. The molecule has 30 heavy (non-hydrogen) atoms. The molecular weight excluding hydrogens is 388 g/mol. The minimum absolute atomic E-state index is 0.179. The molecule has 0 saturated heterocycles. The van der Waals surface area contributed by atoms with Crippen molar-refractivity contribution in [3.05, 3.63) is 47.0 Å². The van der Waals surface area contributed by atoms with Crippen LogP contribution < -0.4 is 23.7 Å². The van der Waals surface area contributed by atoms with Gasteiger partial charge in [-0.15, -0.1) is 0 Å². The number of carbonyl (C=O) groups is 1. The van der Waals surface area contributed by atoms with Gasteiger partial charge in [0, 0.05) is 5.92 Å². The van der Waals surface area contributed by atoms with Crippen molar-refractivity contribution in [3.8, 4) is 28.7 Å². The molecule has 4 rings (SSSR count). The monoisotopic (exact) mass is 412 g/mol. The van der Waals surface area contributed by atoms with Crippen LogP contribution in [-0.4, -0.2) is 40.7 Å². The maximum absolute atomic E-state index is 12.8. The van der Waals surface area contributed by atoms with Gasteiger partial charge in [0.1, 0.15) is 0 Å². The van der Waals surface area contributed by atoms with E-state index in [1.54, 1.807) is 28.3 Å². The minimum Gasteiger partial charge on any atom is -0.493 e. The number of hydrogen-bond acceptors (Lipinski definition) is 7. The lowest BCUT2D eigenvalue weighted by atomic mass is 9.75. The van der Waals surface area contributed by atoms with Gasteiger partial charge in [-0.3, -0.25) is 4.79 Å². The van der Waals surface area contributed by atoms with Crippen molar-refractivity contribution in [1.82, 2.24) is 0 Å². The number of fused-ring (bicyclic) bond motifs is 2. The van der Waals surface area contributed by atoms with Gasteiger partial charge in [-0.2, -0.15) is 0 Å². The van der Waals surface area contributed by atoms with Crippen LogP contribution in [-0.2, 0) is 9.53 Å². The maximum atomic E-state index is 12.8. The van der Waals surface area contributed by atoms with E-state index in [1.165, 1.54) is 0 Å². The van der Waals surface area contributed by atoms with Gasteiger partial charge in [0.05, 0.1) is 33.9 Å². The molecule has 0 fully saturated rings. The molecule has 0 N–H and O–H groups in total. The van der Waals surface area contributed by atoms with Crippen molar-refractivity contribution in [3.63, 3.8) is 0 Å². The van der Waals surface area contributed by atoms with Gasteiger partial charge >= 0.3 is 5.97 Å². The maximum Gasteiger partial charge on any atom is 0.313 e. The molecule has 0 spiro atoms. The van der Waals surface area contributed by atoms with E-state index in [0.29, 0.717) is 35.4 Å². The van der Waals surface area contributed by atoms with Gasteiger partial charge in [-0.25, -0.2) is 0 Å². The lowest BCUT2D eigenvalue weighted by Crippen LogP contribution is -2.26. The van der Waals surface area contributed by atoms with E-state index in [1.807, 2.05) is 36.4 Å². The molecule has 0 saturated carbocycles. The summed E-state index contributed by atoms with van der Waals surface area (Å²) in [5.74, 6) is 1.75. The zero-order chi connectivity index (χ0) is 21.3. The summed E-state index contributed by atoms with van der Waals surface area (Å²) in [6.07, 6.45) is 3.80. The summed E-state index contributed by atoms with van der Waals surface area (Å²) in [7, 11) is 4.69. The highest BCUT2D eigenvalue weighted by Gasteiger charge is 2.36. The fourth-order valence-corrected chi connectivity index (χ4v) is 4.02. The van der Waals surface area contributed by atoms with Gasteiger partial charge < -0.3 is 28.4 Å². The standard InChI is InChI=1S/C23H24O7/c1-5-28-23(24)15-7-6-13-8-17-18(30-12-29-17)11-16(13)21(15)14-9-19(25-2)22(27-4)20(10-14)26-3/h6-11,15,21H,5,12H2,1-4H3. The second kappa shape index (κ2) is 8.18. The Labute approximate surface area is 175 Å². The Bertz CT molecular complexity index is 970. The third-order valence-electron chi connectivity index (χ3n) is 5.36. The Morgan fingerprint density at radius 1 is 1.00 bits per heavy atom. The van der Waals surface area contributed by atoms with Crippen molar-refractivity contribution in [1.29, 1.82) is 0 Å². The molecule has 2 aromatic carbocycles. The first kappa shape index (κ1) is 19.9. The van der Waals surface area contributed by atoms with E-state index < -0.39 is 5.92 Å². The zero-order valence-electron chi connectivity index (χ0n) is 17.4. The normalized spacial score (nSPS) is 18.5. The summed E-state index contributed by atoms with van der Waals surface area (Å²) < 4.78 is 33.0.